The molecule has 5 atom stereocenters. The Balaban J connectivity index is 0.916. The lowest BCUT2D eigenvalue weighted by Crippen LogP contribution is -2.60. The van der Waals surface area contributed by atoms with E-state index in [1.807, 2.05) is 157 Å². The minimum Gasteiger partial charge on any atom is -0.459 e. The molecule has 0 saturated carbocycles. The topological polar surface area (TPSA) is 181 Å². The summed E-state index contributed by atoms with van der Waals surface area (Å²) in [6.07, 6.45) is -0.571. The molecule has 0 radical (unpaired) electrons. The van der Waals surface area contributed by atoms with Crippen molar-refractivity contribution in [1.29, 1.82) is 0 Å². The molecular weight excluding hydrogens is 1100 g/mol. The van der Waals surface area contributed by atoms with Crippen LogP contribution in [-0.4, -0.2) is 71.5 Å². The van der Waals surface area contributed by atoms with Crippen LogP contribution in [0.25, 0.3) is 40.3 Å². The summed E-state index contributed by atoms with van der Waals surface area (Å²) < 4.78 is 16.3. The number of esters is 1. The Hall–Kier alpha value is -8.70. The zero-order chi connectivity index (χ0) is 57.9. The molecule has 0 aliphatic rings. The molecule has 0 aliphatic heterocycles. The average molecular weight is 1160 g/mol. The highest BCUT2D eigenvalue weighted by Gasteiger charge is 2.34. The minimum atomic E-state index is -1.28. The molecule has 7 aromatic carbocycles. The third-order valence-electron chi connectivity index (χ3n) is 14.1. The number of carbonyl (C=O) groups excluding carboxylic acids is 6. The lowest BCUT2D eigenvalue weighted by molar-refractivity contribution is -0.149. The Bertz CT molecular complexity index is 3880. The van der Waals surface area contributed by atoms with Crippen LogP contribution in [0.15, 0.2) is 193 Å². The van der Waals surface area contributed by atoms with Crippen LogP contribution >= 0.6 is 34.0 Å². The van der Waals surface area contributed by atoms with Crippen molar-refractivity contribution < 1.29 is 38.2 Å². The maximum Gasteiger partial charge on any atom is 0.408 e. The zero-order valence-corrected chi connectivity index (χ0v) is 48.5. The molecule has 0 saturated heterocycles. The molecule has 16 heteroatoms. The summed E-state index contributed by atoms with van der Waals surface area (Å²) in [7, 11) is 0. The van der Waals surface area contributed by atoms with Crippen LogP contribution in [0.2, 0.25) is 0 Å². The number of rotatable bonds is 22. The van der Waals surface area contributed by atoms with Crippen LogP contribution < -0.4 is 26.6 Å². The van der Waals surface area contributed by atoms with Crippen molar-refractivity contribution in [2.45, 2.75) is 95.3 Å². The van der Waals surface area contributed by atoms with E-state index in [2.05, 4.69) is 62.3 Å². The fourth-order valence-electron chi connectivity index (χ4n) is 10.2. The van der Waals surface area contributed by atoms with E-state index >= 15 is 9.59 Å². The first-order valence-corrected chi connectivity index (χ1v) is 30.1. The normalized spacial score (nSPS) is 13.3. The molecule has 83 heavy (non-hydrogen) atoms. The smallest absolute Gasteiger partial charge is 0.408 e. The molecule has 0 aliphatic carbocycles. The molecule has 5 amide bonds. The number of thiophene rings is 3. The second kappa shape index (κ2) is 26.5. The molecule has 13 nitrogen and oxygen atoms in total. The van der Waals surface area contributed by atoms with Crippen LogP contribution in [0.1, 0.15) is 54.2 Å². The first kappa shape index (κ1) is 57.5. The van der Waals surface area contributed by atoms with Crippen molar-refractivity contribution in [3.8, 4) is 0 Å². The van der Waals surface area contributed by atoms with Gasteiger partial charge in [-0.05, 0) is 89.7 Å². The van der Waals surface area contributed by atoms with E-state index in [0.717, 1.165) is 48.0 Å². The maximum absolute atomic E-state index is 15.1. The summed E-state index contributed by atoms with van der Waals surface area (Å²) in [6.45, 7) is 5.11. The number of fused-ring (bicyclic) bond motifs is 7. The Morgan fingerprint density at radius 3 is 1.22 bits per heavy atom. The fourth-order valence-corrected chi connectivity index (χ4v) is 13.0. The summed E-state index contributed by atoms with van der Waals surface area (Å²) in [4.78, 5) is 87.2. The molecule has 3 heterocycles. The summed E-state index contributed by atoms with van der Waals surface area (Å²) in [5, 5.41) is 23.2. The number of hydrogen-bond donors (Lipinski definition) is 5. The Morgan fingerprint density at radius 1 is 0.410 bits per heavy atom. The van der Waals surface area contributed by atoms with Gasteiger partial charge in [0.25, 0.3) is 0 Å². The molecule has 5 N–H and O–H groups in total. The van der Waals surface area contributed by atoms with Crippen LogP contribution in [0.4, 0.5) is 4.79 Å². The van der Waals surface area contributed by atoms with Crippen LogP contribution in [0.5, 0.6) is 0 Å². The maximum atomic E-state index is 15.1. The molecule has 10 aromatic rings. The van der Waals surface area contributed by atoms with Crippen molar-refractivity contribution in [2.24, 2.45) is 0 Å². The van der Waals surface area contributed by atoms with Crippen LogP contribution in [0.3, 0.4) is 0 Å². The summed E-state index contributed by atoms with van der Waals surface area (Å²) in [5.74, 6) is -3.32. The van der Waals surface area contributed by atoms with E-state index in [-0.39, 0.29) is 38.7 Å². The van der Waals surface area contributed by atoms with Gasteiger partial charge in [0.1, 0.15) is 42.4 Å². The fraction of sp³-hybridized carbons (Fsp3) is 0.224. The number of nitrogens with one attached hydrogen (secondary N) is 5. The predicted molar refractivity (Wildman–Crippen MR) is 332 cm³/mol. The van der Waals surface area contributed by atoms with Crippen molar-refractivity contribution in [1.82, 2.24) is 26.6 Å². The molecule has 0 fully saturated rings. The average Bonchev–Trinajstić information content (AvgIpc) is 1.90. The largest absolute Gasteiger partial charge is 0.459 e. The SMILES string of the molecule is CC(C)(C)OC(=O)N[C@@H](Cc1ccccc1)C(=O)N[C@@H](Cc1ccccc1)C(=O)N[C@@H](Cc1ccccc1)C(=O)N[C@@H](Cc1ccccc1)C(=O)N[C@@H](Cc1ccccc1)C(=O)OCc1csc2ccc3sc4ccc5sccc5c4c3c12. The second-order valence-electron chi connectivity index (χ2n) is 21.4. The van der Waals surface area contributed by atoms with Gasteiger partial charge < -0.3 is 36.1 Å². The van der Waals surface area contributed by atoms with Crippen molar-refractivity contribution in [2.75, 3.05) is 0 Å². The number of amides is 5. The number of alkyl carbamates (subject to hydrolysis) is 1. The molecule has 0 unspecified atom stereocenters. The van der Waals surface area contributed by atoms with Gasteiger partial charge in [0, 0.05) is 78.0 Å². The van der Waals surface area contributed by atoms with Gasteiger partial charge in [-0.1, -0.05) is 152 Å². The lowest BCUT2D eigenvalue weighted by Gasteiger charge is -2.28. The number of hydrogen-bond acceptors (Lipinski definition) is 11. The highest BCUT2D eigenvalue weighted by molar-refractivity contribution is 7.27. The van der Waals surface area contributed by atoms with Gasteiger partial charge in [-0.3, -0.25) is 19.2 Å². The first-order chi connectivity index (χ1) is 40.2. The monoisotopic (exact) mass is 1160 g/mol. The number of benzene rings is 7. The summed E-state index contributed by atoms with van der Waals surface area (Å²) in [5.41, 5.74) is 3.69. The predicted octanol–water partition coefficient (Wildman–Crippen LogP) is 11.6. The van der Waals surface area contributed by atoms with Gasteiger partial charge >= 0.3 is 12.1 Å². The number of ether oxygens (including phenoxy) is 2. The van der Waals surface area contributed by atoms with Gasteiger partial charge in [0.2, 0.25) is 23.6 Å². The van der Waals surface area contributed by atoms with Gasteiger partial charge in [-0.15, -0.1) is 34.0 Å². The molecule has 3 aromatic heterocycles. The number of carbonyl (C=O) groups is 6. The molecule has 422 valence electrons. The highest BCUT2D eigenvalue weighted by atomic mass is 32.1. The van der Waals surface area contributed by atoms with E-state index in [0.29, 0.717) is 5.56 Å². The van der Waals surface area contributed by atoms with E-state index in [1.165, 1.54) is 20.2 Å². The quantitative estimate of drug-likeness (QED) is 0.0416. The van der Waals surface area contributed by atoms with Gasteiger partial charge in [0.05, 0.1) is 0 Å². The van der Waals surface area contributed by atoms with Crippen molar-refractivity contribution >= 4 is 110 Å². The Labute approximate surface area is 493 Å². The third kappa shape index (κ3) is 14.9. The van der Waals surface area contributed by atoms with E-state index < -0.39 is 71.5 Å². The van der Waals surface area contributed by atoms with E-state index in [9.17, 15) is 19.2 Å². The Kier molecular flexibility index (Phi) is 18.4. The second-order valence-corrected chi connectivity index (χ2v) is 24.4. The van der Waals surface area contributed by atoms with Gasteiger partial charge in [0.15, 0.2) is 0 Å². The minimum absolute atomic E-state index is 0.00671. The van der Waals surface area contributed by atoms with Crippen molar-refractivity contribution in [3.05, 3.63) is 226 Å². The van der Waals surface area contributed by atoms with Crippen molar-refractivity contribution in [3.63, 3.8) is 0 Å². The highest BCUT2D eigenvalue weighted by Crippen LogP contribution is 2.45. The third-order valence-corrected chi connectivity index (χ3v) is 17.1. The standard InChI is InChI=1S/C67H63N5O8S3/c1-67(2,3)80-66(78)72-52(38-45-25-15-7-16-26-45)64(76)70-50(36-43-21-11-5-12-22-43)62(74)68-49(35-42-19-9-4-10-20-42)61(73)69-51(37-44-23-13-6-14-24-44)63(75)71-53(39-46-27-17-8-18-28-46)65(77)79-40-47-41-82-55-30-32-57-60(58(47)55)59-48-33-34-81-54(48)29-31-56(59)83-57/h4-34,41,49-53H,35-40H2,1-3H3,(H,68,74)(H,69,73)(H,70,76)(H,71,75)(H,72,78)/t49-,50-,51-,52-,53-/m0/s1. The zero-order valence-electron chi connectivity index (χ0n) is 46.1. The van der Waals surface area contributed by atoms with Crippen LogP contribution in [0, 0.1) is 0 Å². The van der Waals surface area contributed by atoms with Gasteiger partial charge in [-0.2, -0.15) is 0 Å². The van der Waals surface area contributed by atoms with Crippen LogP contribution in [-0.2, 0) is 72.2 Å². The molecular formula is C67H63N5O8S3. The van der Waals surface area contributed by atoms with E-state index in [4.69, 9.17) is 9.47 Å². The van der Waals surface area contributed by atoms with E-state index in [1.54, 1.807) is 54.8 Å². The molecule has 0 spiro atoms. The Morgan fingerprint density at radius 2 is 0.783 bits per heavy atom. The van der Waals surface area contributed by atoms with Gasteiger partial charge in [-0.25, -0.2) is 9.59 Å². The lowest BCUT2D eigenvalue weighted by atomic mass is 10.00. The summed E-state index contributed by atoms with van der Waals surface area (Å²) in [6, 6.07) is 50.6. The molecule has 10 rings (SSSR count). The first-order valence-electron chi connectivity index (χ1n) is 27.5. The molecule has 0 bridgehead atoms. The summed E-state index contributed by atoms with van der Waals surface area (Å²) >= 11 is 5.03.